The molecule has 0 heterocycles. The molecule has 27 heavy (non-hydrogen) atoms. The van der Waals surface area contributed by atoms with Gasteiger partial charge in [0.25, 0.3) is 0 Å². The van der Waals surface area contributed by atoms with Crippen molar-refractivity contribution in [2.24, 2.45) is 0 Å². The minimum atomic E-state index is -0.650. The molecule has 157 valence electrons. The zero-order valence-corrected chi connectivity index (χ0v) is 18.9. The van der Waals surface area contributed by atoms with Crippen LogP contribution in [0.25, 0.3) is 0 Å². The summed E-state index contributed by atoms with van der Waals surface area (Å²) in [4.78, 5) is 10.4. The van der Waals surface area contributed by atoms with Crippen LogP contribution in [0.3, 0.4) is 0 Å². The summed E-state index contributed by atoms with van der Waals surface area (Å²) >= 11 is 0. The Hall–Kier alpha value is 0.0674. The van der Waals surface area contributed by atoms with E-state index in [-0.39, 0.29) is 18.9 Å². The Morgan fingerprint density at radius 1 is 0.481 bits per heavy atom. The van der Waals surface area contributed by atoms with Crippen molar-refractivity contribution in [3.63, 3.8) is 0 Å². The van der Waals surface area contributed by atoms with E-state index in [4.69, 9.17) is 5.11 Å². The number of rotatable bonds is 22. The molecule has 0 unspecified atom stereocenters. The standard InChI is InChI=1S/C24H48O2.Li/c1-2-3-4-5-6-7-8-9-10-11-12-13-14-15-16-17-18-19-20-21-22-23-24(25)26;/h2-23H2,1H3,(H,25,26);. The molecule has 1 N–H and O–H groups in total. The van der Waals surface area contributed by atoms with Crippen molar-refractivity contribution in [2.45, 2.75) is 148 Å². The molecule has 0 saturated carbocycles. The monoisotopic (exact) mass is 375 g/mol. The van der Waals surface area contributed by atoms with Crippen LogP contribution in [0.1, 0.15) is 148 Å². The van der Waals surface area contributed by atoms with E-state index in [1.165, 1.54) is 122 Å². The van der Waals surface area contributed by atoms with E-state index in [0.717, 1.165) is 12.8 Å². The molecule has 0 rings (SSSR count). The molecule has 0 bridgehead atoms. The molecular weight excluding hydrogens is 327 g/mol. The Labute approximate surface area is 182 Å². The van der Waals surface area contributed by atoms with E-state index < -0.39 is 5.97 Å². The molecule has 0 aromatic heterocycles. The fraction of sp³-hybridized carbons (Fsp3) is 0.958. The van der Waals surface area contributed by atoms with Crippen LogP contribution in [0.4, 0.5) is 0 Å². The van der Waals surface area contributed by atoms with E-state index in [9.17, 15) is 4.79 Å². The van der Waals surface area contributed by atoms with Crippen molar-refractivity contribution in [1.82, 2.24) is 0 Å². The largest absolute Gasteiger partial charge is 0.481 e. The maximum Gasteiger partial charge on any atom is 0.303 e. The Morgan fingerprint density at radius 3 is 0.926 bits per heavy atom. The quantitative estimate of drug-likeness (QED) is 0.153. The third kappa shape index (κ3) is 28.4. The fourth-order valence-corrected chi connectivity index (χ4v) is 3.71. The molecular formula is C24H48LiO2. The number of carbonyl (C=O) groups is 1. The Morgan fingerprint density at radius 2 is 0.704 bits per heavy atom. The van der Waals surface area contributed by atoms with Crippen molar-refractivity contribution in [3.05, 3.63) is 0 Å². The Balaban J connectivity index is 0. The average Bonchev–Trinajstić information content (AvgIpc) is 2.62. The molecule has 2 nitrogen and oxygen atoms in total. The van der Waals surface area contributed by atoms with Gasteiger partial charge in [-0.3, -0.25) is 4.79 Å². The van der Waals surface area contributed by atoms with Gasteiger partial charge in [0.2, 0.25) is 0 Å². The van der Waals surface area contributed by atoms with Crippen molar-refractivity contribution in [2.75, 3.05) is 0 Å². The third-order valence-corrected chi connectivity index (χ3v) is 5.49. The molecule has 0 amide bonds. The van der Waals surface area contributed by atoms with Crippen LogP contribution < -0.4 is 0 Å². The number of hydrogen-bond acceptors (Lipinski definition) is 1. The first kappa shape index (κ1) is 29.3. The average molecular weight is 376 g/mol. The number of aliphatic carboxylic acids is 1. The van der Waals surface area contributed by atoms with Crippen LogP contribution in [0, 0.1) is 0 Å². The zero-order chi connectivity index (χ0) is 19.1. The van der Waals surface area contributed by atoms with Crippen LogP contribution >= 0.6 is 0 Å². The van der Waals surface area contributed by atoms with Gasteiger partial charge in [0, 0.05) is 25.3 Å². The molecule has 0 saturated heterocycles. The van der Waals surface area contributed by atoms with Gasteiger partial charge in [-0.25, -0.2) is 0 Å². The first-order valence-corrected chi connectivity index (χ1v) is 12.0. The summed E-state index contributed by atoms with van der Waals surface area (Å²) in [6.45, 7) is 2.29. The molecule has 0 fully saturated rings. The summed E-state index contributed by atoms with van der Waals surface area (Å²) in [5.74, 6) is -0.650. The molecule has 0 spiro atoms. The molecule has 0 aliphatic heterocycles. The smallest absolute Gasteiger partial charge is 0.303 e. The van der Waals surface area contributed by atoms with Gasteiger partial charge < -0.3 is 5.11 Å². The maximum absolute atomic E-state index is 10.4. The predicted octanol–water partition coefficient (Wildman–Crippen LogP) is 8.29. The summed E-state index contributed by atoms with van der Waals surface area (Å²) in [5, 5.41) is 8.57. The van der Waals surface area contributed by atoms with Gasteiger partial charge in [-0.05, 0) is 6.42 Å². The minimum absolute atomic E-state index is 0. The van der Waals surface area contributed by atoms with Crippen LogP contribution in [0.15, 0.2) is 0 Å². The molecule has 0 aliphatic rings. The van der Waals surface area contributed by atoms with E-state index in [0.29, 0.717) is 6.42 Å². The van der Waals surface area contributed by atoms with E-state index in [1.54, 1.807) is 0 Å². The minimum Gasteiger partial charge on any atom is -0.481 e. The van der Waals surface area contributed by atoms with Gasteiger partial charge in [0.15, 0.2) is 0 Å². The number of unbranched alkanes of at least 4 members (excludes halogenated alkanes) is 20. The molecule has 1 radical (unpaired) electrons. The van der Waals surface area contributed by atoms with E-state index >= 15 is 0 Å². The molecule has 0 atom stereocenters. The van der Waals surface area contributed by atoms with Crippen LogP contribution in [-0.2, 0) is 4.79 Å². The van der Waals surface area contributed by atoms with Gasteiger partial charge in [0.05, 0.1) is 0 Å². The van der Waals surface area contributed by atoms with Crippen LogP contribution in [0.5, 0.6) is 0 Å². The third-order valence-electron chi connectivity index (χ3n) is 5.49. The van der Waals surface area contributed by atoms with E-state index in [2.05, 4.69) is 6.92 Å². The summed E-state index contributed by atoms with van der Waals surface area (Å²) in [6.07, 6.45) is 29.1. The molecule has 0 aromatic carbocycles. The Bertz CT molecular complexity index is 282. The second-order valence-electron chi connectivity index (χ2n) is 8.21. The summed E-state index contributed by atoms with van der Waals surface area (Å²) in [7, 11) is 0. The second kappa shape index (κ2) is 26.1. The SMILES string of the molecule is CCCCCCCCCCCCCCCCCCCCCCCC(=O)O.[Li]. The van der Waals surface area contributed by atoms with Gasteiger partial charge >= 0.3 is 5.97 Å². The number of carboxylic acids is 1. The maximum atomic E-state index is 10.4. The van der Waals surface area contributed by atoms with Crippen molar-refractivity contribution >= 4 is 24.8 Å². The molecule has 3 heteroatoms. The number of hydrogen-bond donors (Lipinski definition) is 1. The van der Waals surface area contributed by atoms with Crippen molar-refractivity contribution in [3.8, 4) is 0 Å². The summed E-state index contributed by atoms with van der Waals surface area (Å²) < 4.78 is 0. The normalized spacial score (nSPS) is 10.7. The summed E-state index contributed by atoms with van der Waals surface area (Å²) in [5.41, 5.74) is 0. The summed E-state index contributed by atoms with van der Waals surface area (Å²) in [6, 6.07) is 0. The first-order valence-electron chi connectivity index (χ1n) is 12.0. The van der Waals surface area contributed by atoms with Crippen LogP contribution in [-0.4, -0.2) is 29.9 Å². The van der Waals surface area contributed by atoms with E-state index in [1.807, 2.05) is 0 Å². The number of carboxylic acid groups (broad SMARTS) is 1. The van der Waals surface area contributed by atoms with Gasteiger partial charge in [-0.2, -0.15) is 0 Å². The topological polar surface area (TPSA) is 37.3 Å². The first-order chi connectivity index (χ1) is 12.8. The van der Waals surface area contributed by atoms with Gasteiger partial charge in [0.1, 0.15) is 0 Å². The van der Waals surface area contributed by atoms with Crippen molar-refractivity contribution < 1.29 is 9.90 Å². The molecule has 0 aliphatic carbocycles. The Kier molecular flexibility index (Phi) is 28.3. The fourth-order valence-electron chi connectivity index (χ4n) is 3.71. The predicted molar refractivity (Wildman–Crippen MR) is 121 cm³/mol. The van der Waals surface area contributed by atoms with Gasteiger partial charge in [-0.1, -0.05) is 135 Å². The van der Waals surface area contributed by atoms with Crippen LogP contribution in [0.2, 0.25) is 0 Å². The second-order valence-corrected chi connectivity index (χ2v) is 8.21. The molecule has 0 aromatic rings. The zero-order valence-electron chi connectivity index (χ0n) is 18.9. The van der Waals surface area contributed by atoms with Gasteiger partial charge in [-0.15, -0.1) is 0 Å². The van der Waals surface area contributed by atoms with Crippen molar-refractivity contribution in [1.29, 1.82) is 0 Å².